The summed E-state index contributed by atoms with van der Waals surface area (Å²) in [6.45, 7) is 6.24. The first-order valence-electron chi connectivity index (χ1n) is 7.74. The number of benzene rings is 1. The molecule has 0 aliphatic carbocycles. The SMILES string of the molecule is Cc1ccccc1C(N)CCN(C)CC1CCOCC1. The molecular formula is C17H28N2O. The number of nitrogens with zero attached hydrogens (tertiary/aromatic N) is 1. The molecule has 1 aliphatic rings. The first-order valence-corrected chi connectivity index (χ1v) is 7.74. The Morgan fingerprint density at radius 1 is 1.30 bits per heavy atom. The van der Waals surface area contributed by atoms with Crippen LogP contribution in [-0.4, -0.2) is 38.3 Å². The van der Waals surface area contributed by atoms with Gasteiger partial charge in [-0.1, -0.05) is 24.3 Å². The zero-order valence-electron chi connectivity index (χ0n) is 12.8. The second kappa shape index (κ2) is 7.77. The standard InChI is InChI=1S/C17H28N2O/c1-14-5-3-4-6-16(14)17(18)7-10-19(2)13-15-8-11-20-12-9-15/h3-6,15,17H,7-13,18H2,1-2H3. The molecule has 0 spiro atoms. The van der Waals surface area contributed by atoms with Crippen LogP contribution in [0.25, 0.3) is 0 Å². The van der Waals surface area contributed by atoms with Crippen LogP contribution in [0.3, 0.4) is 0 Å². The number of rotatable bonds is 6. The lowest BCUT2D eigenvalue weighted by Gasteiger charge is -2.28. The van der Waals surface area contributed by atoms with Crippen molar-refractivity contribution in [3.63, 3.8) is 0 Å². The van der Waals surface area contributed by atoms with Gasteiger partial charge in [0.25, 0.3) is 0 Å². The lowest BCUT2D eigenvalue weighted by atomic mass is 9.98. The zero-order valence-corrected chi connectivity index (χ0v) is 12.8. The smallest absolute Gasteiger partial charge is 0.0469 e. The minimum Gasteiger partial charge on any atom is -0.381 e. The molecule has 2 N–H and O–H groups in total. The molecule has 3 nitrogen and oxygen atoms in total. The average molecular weight is 276 g/mol. The third-order valence-electron chi connectivity index (χ3n) is 4.32. The van der Waals surface area contributed by atoms with E-state index >= 15 is 0 Å². The van der Waals surface area contributed by atoms with Crippen molar-refractivity contribution in [3.8, 4) is 0 Å². The molecule has 1 heterocycles. The van der Waals surface area contributed by atoms with Gasteiger partial charge < -0.3 is 15.4 Å². The van der Waals surface area contributed by atoms with Crippen LogP contribution in [-0.2, 0) is 4.74 Å². The van der Waals surface area contributed by atoms with E-state index in [0.29, 0.717) is 0 Å². The van der Waals surface area contributed by atoms with Gasteiger partial charge in [0.2, 0.25) is 0 Å². The predicted molar refractivity (Wildman–Crippen MR) is 83.8 cm³/mol. The normalized spacial score (nSPS) is 18.4. The Kier molecular flexibility index (Phi) is 6.02. The van der Waals surface area contributed by atoms with Crippen molar-refractivity contribution in [1.82, 2.24) is 4.90 Å². The number of nitrogens with two attached hydrogens (primary N) is 1. The van der Waals surface area contributed by atoms with E-state index in [1.54, 1.807) is 0 Å². The molecule has 1 saturated heterocycles. The van der Waals surface area contributed by atoms with Crippen molar-refractivity contribution < 1.29 is 4.74 Å². The summed E-state index contributed by atoms with van der Waals surface area (Å²) in [6.07, 6.45) is 3.42. The molecule has 1 aliphatic heterocycles. The van der Waals surface area contributed by atoms with Crippen LogP contribution in [0.15, 0.2) is 24.3 Å². The Bertz CT molecular complexity index is 402. The molecular weight excluding hydrogens is 248 g/mol. The highest BCUT2D eigenvalue weighted by atomic mass is 16.5. The summed E-state index contributed by atoms with van der Waals surface area (Å²) in [7, 11) is 2.21. The van der Waals surface area contributed by atoms with Gasteiger partial charge in [-0.2, -0.15) is 0 Å². The van der Waals surface area contributed by atoms with Crippen molar-refractivity contribution in [3.05, 3.63) is 35.4 Å². The van der Waals surface area contributed by atoms with Gasteiger partial charge in [0.1, 0.15) is 0 Å². The fourth-order valence-corrected chi connectivity index (χ4v) is 2.98. The highest BCUT2D eigenvalue weighted by Crippen LogP contribution is 2.19. The van der Waals surface area contributed by atoms with Crippen molar-refractivity contribution in [2.75, 3.05) is 33.4 Å². The molecule has 112 valence electrons. The maximum atomic E-state index is 6.33. The van der Waals surface area contributed by atoms with Gasteiger partial charge in [-0.3, -0.25) is 0 Å². The maximum Gasteiger partial charge on any atom is 0.0469 e. The number of hydrogen-bond donors (Lipinski definition) is 1. The Morgan fingerprint density at radius 3 is 2.70 bits per heavy atom. The van der Waals surface area contributed by atoms with E-state index in [1.807, 2.05) is 0 Å². The van der Waals surface area contributed by atoms with Gasteiger partial charge in [-0.15, -0.1) is 0 Å². The second-order valence-corrected chi connectivity index (χ2v) is 6.07. The van der Waals surface area contributed by atoms with Gasteiger partial charge >= 0.3 is 0 Å². The molecule has 1 fully saturated rings. The fraction of sp³-hybridized carbons (Fsp3) is 0.647. The van der Waals surface area contributed by atoms with E-state index in [4.69, 9.17) is 10.5 Å². The summed E-state index contributed by atoms with van der Waals surface area (Å²) in [5, 5.41) is 0. The van der Waals surface area contributed by atoms with E-state index in [0.717, 1.165) is 32.1 Å². The van der Waals surface area contributed by atoms with Gasteiger partial charge in [-0.05, 0) is 56.8 Å². The highest BCUT2D eigenvalue weighted by molar-refractivity contribution is 5.28. The fourth-order valence-electron chi connectivity index (χ4n) is 2.98. The maximum absolute atomic E-state index is 6.33. The topological polar surface area (TPSA) is 38.5 Å². The molecule has 1 aromatic rings. The first-order chi connectivity index (χ1) is 9.66. The molecule has 1 unspecified atom stereocenters. The summed E-state index contributed by atoms with van der Waals surface area (Å²) < 4.78 is 5.41. The van der Waals surface area contributed by atoms with E-state index < -0.39 is 0 Å². The summed E-state index contributed by atoms with van der Waals surface area (Å²) in [5.41, 5.74) is 8.91. The van der Waals surface area contributed by atoms with Gasteiger partial charge in [0.05, 0.1) is 0 Å². The summed E-state index contributed by atoms with van der Waals surface area (Å²) >= 11 is 0. The Morgan fingerprint density at radius 2 is 2.00 bits per heavy atom. The largest absolute Gasteiger partial charge is 0.381 e. The lowest BCUT2D eigenvalue weighted by Crippen LogP contribution is -2.31. The minimum absolute atomic E-state index is 0.147. The van der Waals surface area contributed by atoms with Crippen molar-refractivity contribution in [2.45, 2.75) is 32.2 Å². The number of hydrogen-bond acceptors (Lipinski definition) is 3. The van der Waals surface area contributed by atoms with Gasteiger partial charge in [0.15, 0.2) is 0 Å². The first kappa shape index (κ1) is 15.5. The predicted octanol–water partition coefficient (Wildman–Crippen LogP) is 2.74. The molecule has 0 bridgehead atoms. The van der Waals surface area contributed by atoms with E-state index in [9.17, 15) is 0 Å². The molecule has 1 aromatic carbocycles. The Hall–Kier alpha value is -0.900. The van der Waals surface area contributed by atoms with E-state index in [2.05, 4.69) is 43.1 Å². The third-order valence-corrected chi connectivity index (χ3v) is 4.32. The highest BCUT2D eigenvalue weighted by Gasteiger charge is 2.16. The van der Waals surface area contributed by atoms with Crippen molar-refractivity contribution >= 4 is 0 Å². The number of ether oxygens (including phenoxy) is 1. The zero-order chi connectivity index (χ0) is 14.4. The molecule has 0 radical (unpaired) electrons. The monoisotopic (exact) mass is 276 g/mol. The Balaban J connectivity index is 1.75. The van der Waals surface area contributed by atoms with Crippen LogP contribution in [0.1, 0.15) is 36.4 Å². The molecule has 0 saturated carbocycles. The van der Waals surface area contributed by atoms with Crippen LogP contribution in [0.5, 0.6) is 0 Å². The average Bonchev–Trinajstić information content (AvgIpc) is 2.46. The molecule has 2 rings (SSSR count). The van der Waals surface area contributed by atoms with Crippen molar-refractivity contribution in [2.24, 2.45) is 11.7 Å². The summed E-state index contributed by atoms with van der Waals surface area (Å²) in [5.74, 6) is 0.795. The lowest BCUT2D eigenvalue weighted by molar-refractivity contribution is 0.0554. The molecule has 0 amide bonds. The molecule has 20 heavy (non-hydrogen) atoms. The molecule has 0 aromatic heterocycles. The van der Waals surface area contributed by atoms with E-state index in [1.165, 1.54) is 30.5 Å². The number of aryl methyl sites for hydroxylation is 1. The quantitative estimate of drug-likeness (QED) is 0.868. The third kappa shape index (κ3) is 4.58. The van der Waals surface area contributed by atoms with Gasteiger partial charge in [-0.25, -0.2) is 0 Å². The van der Waals surface area contributed by atoms with Crippen LogP contribution < -0.4 is 5.73 Å². The Labute approximate surface area is 123 Å². The van der Waals surface area contributed by atoms with E-state index in [-0.39, 0.29) is 6.04 Å². The van der Waals surface area contributed by atoms with Crippen LogP contribution in [0.2, 0.25) is 0 Å². The molecule has 1 atom stereocenters. The molecule has 3 heteroatoms. The van der Waals surface area contributed by atoms with Crippen LogP contribution >= 0.6 is 0 Å². The summed E-state index contributed by atoms with van der Waals surface area (Å²) in [6, 6.07) is 8.59. The minimum atomic E-state index is 0.147. The van der Waals surface area contributed by atoms with Crippen LogP contribution in [0, 0.1) is 12.8 Å². The van der Waals surface area contributed by atoms with Crippen LogP contribution in [0.4, 0.5) is 0 Å². The van der Waals surface area contributed by atoms with Gasteiger partial charge in [0, 0.05) is 25.8 Å². The van der Waals surface area contributed by atoms with Crippen molar-refractivity contribution in [1.29, 1.82) is 0 Å². The second-order valence-electron chi connectivity index (χ2n) is 6.07. The summed E-state index contributed by atoms with van der Waals surface area (Å²) in [4.78, 5) is 2.42.